The second-order valence-corrected chi connectivity index (χ2v) is 5.61. The first kappa shape index (κ1) is 14.1. The first-order valence-corrected chi connectivity index (χ1v) is 7.23. The zero-order chi connectivity index (χ0) is 13.6. The fourth-order valence-corrected chi connectivity index (χ4v) is 2.45. The lowest BCUT2D eigenvalue weighted by molar-refractivity contribution is -0.214. The maximum absolute atomic E-state index is 6.04. The van der Waals surface area contributed by atoms with Crippen molar-refractivity contribution in [1.82, 2.24) is 0 Å². The molecule has 0 saturated heterocycles. The Morgan fingerprint density at radius 1 is 1.05 bits per heavy atom. The van der Waals surface area contributed by atoms with Gasteiger partial charge in [0.15, 0.2) is 0 Å². The van der Waals surface area contributed by atoms with Gasteiger partial charge in [-0.25, -0.2) is 0 Å². The van der Waals surface area contributed by atoms with Crippen LogP contribution in [0.2, 0.25) is 0 Å². The van der Waals surface area contributed by atoms with Gasteiger partial charge in [0, 0.05) is 13.8 Å². The van der Waals surface area contributed by atoms with Gasteiger partial charge in [-0.3, -0.25) is 0 Å². The quantitative estimate of drug-likeness (QED) is 0.561. The lowest BCUT2D eigenvalue weighted by atomic mass is 9.97. The Bertz CT molecular complexity index is 389. The summed E-state index contributed by atoms with van der Waals surface area (Å²) in [5.41, 5.74) is 1.14. The summed E-state index contributed by atoms with van der Waals surface area (Å²) in [4.78, 5) is 0. The lowest BCUT2D eigenvalue weighted by Crippen LogP contribution is -2.33. The molecule has 0 heterocycles. The minimum Gasteiger partial charge on any atom is -0.471 e. The molecule has 0 amide bonds. The van der Waals surface area contributed by atoms with E-state index >= 15 is 0 Å². The minimum absolute atomic E-state index is 0.355. The van der Waals surface area contributed by atoms with Crippen LogP contribution in [0, 0.1) is 0 Å². The van der Waals surface area contributed by atoms with E-state index in [1.54, 1.807) is 6.26 Å². The molecule has 0 unspecified atom stereocenters. The van der Waals surface area contributed by atoms with Gasteiger partial charge in [-0.1, -0.05) is 49.6 Å². The molecule has 1 aliphatic rings. The van der Waals surface area contributed by atoms with Gasteiger partial charge in [0.1, 0.15) is 0 Å². The van der Waals surface area contributed by atoms with Gasteiger partial charge in [-0.2, -0.15) is 0 Å². The molecule has 0 bridgehead atoms. The lowest BCUT2D eigenvalue weighted by Gasteiger charge is -2.32. The van der Waals surface area contributed by atoms with E-state index in [-0.39, 0.29) is 0 Å². The molecule has 1 fully saturated rings. The maximum atomic E-state index is 6.04. The first-order valence-electron chi connectivity index (χ1n) is 7.23. The van der Waals surface area contributed by atoms with Gasteiger partial charge in [0.05, 0.1) is 12.4 Å². The molecular weight excluding hydrogens is 236 g/mol. The summed E-state index contributed by atoms with van der Waals surface area (Å²) in [7, 11) is 0. The van der Waals surface area contributed by atoms with Crippen LogP contribution >= 0.6 is 0 Å². The number of ether oxygens (including phenoxy) is 2. The second kappa shape index (κ2) is 6.76. The van der Waals surface area contributed by atoms with Crippen LogP contribution in [0.4, 0.5) is 0 Å². The van der Waals surface area contributed by atoms with Crippen molar-refractivity contribution >= 4 is 6.08 Å². The van der Waals surface area contributed by atoms with E-state index in [1.807, 2.05) is 38.1 Å². The van der Waals surface area contributed by atoms with Gasteiger partial charge in [-0.15, -0.1) is 0 Å². The molecule has 19 heavy (non-hydrogen) atoms. The molecule has 2 rings (SSSR count). The molecule has 0 spiro atoms. The van der Waals surface area contributed by atoms with Crippen molar-refractivity contribution in [2.75, 3.05) is 0 Å². The number of rotatable bonds is 5. The number of hydrogen-bond acceptors (Lipinski definition) is 2. The van der Waals surface area contributed by atoms with Crippen LogP contribution in [0.3, 0.4) is 0 Å². The van der Waals surface area contributed by atoms with Crippen LogP contribution in [-0.2, 0) is 9.47 Å². The SMILES string of the molecule is CC(C)(OC=Cc1ccccc1)OC1CCCCC1. The van der Waals surface area contributed by atoms with Crippen molar-refractivity contribution in [1.29, 1.82) is 0 Å². The van der Waals surface area contributed by atoms with Crippen molar-refractivity contribution in [3.63, 3.8) is 0 Å². The highest BCUT2D eigenvalue weighted by Gasteiger charge is 2.25. The summed E-state index contributed by atoms with van der Waals surface area (Å²) in [5.74, 6) is -0.548. The van der Waals surface area contributed by atoms with Crippen molar-refractivity contribution < 1.29 is 9.47 Å². The van der Waals surface area contributed by atoms with Gasteiger partial charge in [-0.05, 0) is 24.5 Å². The van der Waals surface area contributed by atoms with E-state index in [2.05, 4.69) is 12.1 Å². The van der Waals surface area contributed by atoms with E-state index in [0.29, 0.717) is 6.10 Å². The Balaban J connectivity index is 1.81. The normalized spacial score (nSPS) is 17.8. The Labute approximate surface area is 116 Å². The van der Waals surface area contributed by atoms with E-state index in [9.17, 15) is 0 Å². The highest BCUT2D eigenvalue weighted by atomic mass is 16.7. The fraction of sp³-hybridized carbons (Fsp3) is 0.529. The molecule has 2 heteroatoms. The van der Waals surface area contributed by atoms with E-state index < -0.39 is 5.79 Å². The molecule has 0 N–H and O–H groups in total. The molecule has 0 aromatic heterocycles. The summed E-state index contributed by atoms with van der Waals surface area (Å²) in [6, 6.07) is 10.1. The Hall–Kier alpha value is -1.28. The van der Waals surface area contributed by atoms with Crippen molar-refractivity contribution in [2.45, 2.75) is 57.8 Å². The minimum atomic E-state index is -0.548. The molecule has 1 aliphatic carbocycles. The van der Waals surface area contributed by atoms with Crippen LogP contribution < -0.4 is 0 Å². The summed E-state index contributed by atoms with van der Waals surface area (Å²) in [6.07, 6.45) is 10.3. The maximum Gasteiger partial charge on any atom is 0.204 e. The Kier molecular flexibility index (Phi) is 5.03. The molecule has 2 nitrogen and oxygen atoms in total. The van der Waals surface area contributed by atoms with Crippen LogP contribution in [0.15, 0.2) is 36.6 Å². The Morgan fingerprint density at radius 3 is 2.42 bits per heavy atom. The molecule has 0 aliphatic heterocycles. The van der Waals surface area contributed by atoms with Crippen LogP contribution in [-0.4, -0.2) is 11.9 Å². The predicted molar refractivity (Wildman–Crippen MR) is 78.6 cm³/mol. The van der Waals surface area contributed by atoms with Gasteiger partial charge >= 0.3 is 0 Å². The third kappa shape index (κ3) is 5.07. The Morgan fingerprint density at radius 2 is 1.74 bits per heavy atom. The molecule has 1 aromatic rings. The zero-order valence-corrected chi connectivity index (χ0v) is 12.0. The molecular formula is C17H24O2. The fourth-order valence-electron chi connectivity index (χ4n) is 2.45. The third-order valence-corrected chi connectivity index (χ3v) is 3.41. The van der Waals surface area contributed by atoms with Crippen LogP contribution in [0.1, 0.15) is 51.5 Å². The van der Waals surface area contributed by atoms with Crippen LogP contribution in [0.25, 0.3) is 6.08 Å². The second-order valence-electron chi connectivity index (χ2n) is 5.61. The standard InChI is InChI=1S/C17H24O2/c1-17(2,19-16-11-7-4-8-12-16)18-14-13-15-9-5-3-6-10-15/h3,5-6,9-10,13-14,16H,4,7-8,11-12H2,1-2H3. The summed E-state index contributed by atoms with van der Waals surface area (Å²) >= 11 is 0. The predicted octanol–water partition coefficient (Wildman–Crippen LogP) is 4.76. The van der Waals surface area contributed by atoms with Crippen molar-refractivity contribution in [3.8, 4) is 0 Å². The number of benzene rings is 1. The van der Waals surface area contributed by atoms with Crippen LogP contribution in [0.5, 0.6) is 0 Å². The van der Waals surface area contributed by atoms with Crippen molar-refractivity contribution in [3.05, 3.63) is 42.2 Å². The monoisotopic (exact) mass is 260 g/mol. The summed E-state index contributed by atoms with van der Waals surface area (Å²) in [5, 5.41) is 0. The molecule has 1 aromatic carbocycles. The largest absolute Gasteiger partial charge is 0.471 e. The topological polar surface area (TPSA) is 18.5 Å². The van der Waals surface area contributed by atoms with Gasteiger partial charge in [0.2, 0.25) is 5.79 Å². The molecule has 1 saturated carbocycles. The van der Waals surface area contributed by atoms with Crippen molar-refractivity contribution in [2.24, 2.45) is 0 Å². The summed E-state index contributed by atoms with van der Waals surface area (Å²) in [6.45, 7) is 3.97. The number of hydrogen-bond donors (Lipinski definition) is 0. The van der Waals surface area contributed by atoms with E-state index in [1.165, 1.54) is 19.3 Å². The van der Waals surface area contributed by atoms with Gasteiger partial charge < -0.3 is 9.47 Å². The zero-order valence-electron chi connectivity index (χ0n) is 12.0. The van der Waals surface area contributed by atoms with E-state index in [0.717, 1.165) is 18.4 Å². The molecule has 0 radical (unpaired) electrons. The third-order valence-electron chi connectivity index (χ3n) is 3.41. The highest BCUT2D eigenvalue weighted by Crippen LogP contribution is 2.25. The van der Waals surface area contributed by atoms with E-state index in [4.69, 9.17) is 9.47 Å². The average molecular weight is 260 g/mol. The average Bonchev–Trinajstić information content (AvgIpc) is 2.40. The highest BCUT2D eigenvalue weighted by molar-refractivity contribution is 5.47. The molecule has 0 atom stereocenters. The molecule has 104 valence electrons. The van der Waals surface area contributed by atoms with Gasteiger partial charge in [0.25, 0.3) is 0 Å². The smallest absolute Gasteiger partial charge is 0.204 e. The first-order chi connectivity index (χ1) is 9.16. The summed E-state index contributed by atoms with van der Waals surface area (Å²) < 4.78 is 11.8.